The largest absolute Gasteiger partial charge is 0.469 e. The quantitative estimate of drug-likeness (QED) is 0.490. The minimum Gasteiger partial charge on any atom is -0.469 e. The molecule has 1 aromatic carbocycles. The number of carbonyl (C=O) groups is 3. The van der Waals surface area contributed by atoms with Crippen LogP contribution in [0.3, 0.4) is 0 Å². The molecule has 1 rings (SSSR count). The molecule has 0 aromatic heterocycles. The van der Waals surface area contributed by atoms with Crippen molar-refractivity contribution in [1.82, 2.24) is 10.6 Å². The second kappa shape index (κ2) is 9.38. The molecule has 0 atom stereocenters. The van der Waals surface area contributed by atoms with Gasteiger partial charge in [-0.2, -0.15) is 0 Å². The summed E-state index contributed by atoms with van der Waals surface area (Å²) in [5.41, 5.74) is 6.39. The van der Waals surface area contributed by atoms with Gasteiger partial charge in [-0.15, -0.1) is 0 Å². The average Bonchev–Trinajstić information content (AvgIpc) is 2.52. The minimum absolute atomic E-state index is 0.251. The smallest absolute Gasteiger partial charge is 0.315 e. The molecule has 0 fully saturated rings. The van der Waals surface area contributed by atoms with Crippen molar-refractivity contribution in [3.63, 3.8) is 0 Å². The lowest BCUT2D eigenvalue weighted by atomic mass is 10.1. The van der Waals surface area contributed by atoms with Crippen LogP contribution in [0.25, 0.3) is 0 Å². The van der Waals surface area contributed by atoms with E-state index in [4.69, 9.17) is 5.73 Å². The SMILES string of the molecule is COC(=O)CCCCNC(=O)NCc1cccc(C(N)=O)c1. The highest BCUT2D eigenvalue weighted by Gasteiger charge is 2.04. The summed E-state index contributed by atoms with van der Waals surface area (Å²) >= 11 is 0. The second-order valence-electron chi connectivity index (χ2n) is 4.71. The number of nitrogens with two attached hydrogens (primary N) is 1. The molecule has 0 aliphatic heterocycles. The first-order chi connectivity index (χ1) is 10.5. The Balaban J connectivity index is 2.22. The van der Waals surface area contributed by atoms with Crippen LogP contribution in [0.5, 0.6) is 0 Å². The maximum atomic E-state index is 11.6. The van der Waals surface area contributed by atoms with E-state index in [9.17, 15) is 14.4 Å². The van der Waals surface area contributed by atoms with Crippen LogP contribution in [0.15, 0.2) is 24.3 Å². The number of primary amides is 1. The van der Waals surface area contributed by atoms with Crippen LogP contribution in [-0.2, 0) is 16.1 Å². The highest BCUT2D eigenvalue weighted by atomic mass is 16.5. The predicted molar refractivity (Wildman–Crippen MR) is 81.1 cm³/mol. The second-order valence-corrected chi connectivity index (χ2v) is 4.71. The van der Waals surface area contributed by atoms with Crippen molar-refractivity contribution in [2.24, 2.45) is 5.73 Å². The van der Waals surface area contributed by atoms with Crippen molar-refractivity contribution in [3.8, 4) is 0 Å². The number of rotatable bonds is 8. The van der Waals surface area contributed by atoms with Crippen LogP contribution >= 0.6 is 0 Å². The molecule has 0 radical (unpaired) electrons. The Bertz CT molecular complexity index is 531. The first-order valence-corrected chi connectivity index (χ1v) is 7.00. The summed E-state index contributed by atoms with van der Waals surface area (Å²) in [4.78, 5) is 33.5. The molecule has 22 heavy (non-hydrogen) atoms. The predicted octanol–water partition coefficient (Wildman–Crippen LogP) is 0.928. The molecular weight excluding hydrogens is 286 g/mol. The molecule has 4 N–H and O–H groups in total. The Morgan fingerprint density at radius 2 is 1.95 bits per heavy atom. The first kappa shape index (κ1) is 17.5. The van der Waals surface area contributed by atoms with Gasteiger partial charge in [0.15, 0.2) is 0 Å². The highest BCUT2D eigenvalue weighted by Crippen LogP contribution is 2.04. The molecule has 7 heteroatoms. The van der Waals surface area contributed by atoms with Gasteiger partial charge in [0, 0.05) is 25.1 Å². The Morgan fingerprint density at radius 1 is 1.18 bits per heavy atom. The minimum atomic E-state index is -0.503. The van der Waals surface area contributed by atoms with E-state index in [1.807, 2.05) is 0 Å². The number of unbranched alkanes of at least 4 members (excludes halogenated alkanes) is 1. The third kappa shape index (κ3) is 6.74. The first-order valence-electron chi connectivity index (χ1n) is 7.00. The summed E-state index contributed by atoms with van der Waals surface area (Å²) in [6.07, 6.45) is 1.70. The zero-order valence-corrected chi connectivity index (χ0v) is 12.6. The normalized spacial score (nSPS) is 9.86. The number of methoxy groups -OCH3 is 1. The van der Waals surface area contributed by atoms with Crippen molar-refractivity contribution in [3.05, 3.63) is 35.4 Å². The van der Waals surface area contributed by atoms with Gasteiger partial charge in [-0.3, -0.25) is 9.59 Å². The molecule has 0 aliphatic rings. The molecule has 1 aromatic rings. The molecule has 0 spiro atoms. The maximum Gasteiger partial charge on any atom is 0.315 e. The van der Waals surface area contributed by atoms with Gasteiger partial charge in [-0.05, 0) is 30.5 Å². The molecule has 0 unspecified atom stereocenters. The lowest BCUT2D eigenvalue weighted by Crippen LogP contribution is -2.35. The molecule has 0 aliphatic carbocycles. The van der Waals surface area contributed by atoms with Gasteiger partial charge in [-0.25, -0.2) is 4.79 Å². The maximum absolute atomic E-state index is 11.6. The molecular formula is C15H21N3O4. The van der Waals surface area contributed by atoms with Crippen molar-refractivity contribution >= 4 is 17.9 Å². The Labute approximate surface area is 129 Å². The lowest BCUT2D eigenvalue weighted by Gasteiger charge is -2.08. The Kier molecular flexibility index (Phi) is 7.45. The van der Waals surface area contributed by atoms with Crippen molar-refractivity contribution < 1.29 is 19.1 Å². The highest BCUT2D eigenvalue weighted by molar-refractivity contribution is 5.92. The van der Waals surface area contributed by atoms with E-state index >= 15 is 0 Å². The Morgan fingerprint density at radius 3 is 2.64 bits per heavy atom. The van der Waals surface area contributed by atoms with Gasteiger partial charge in [0.1, 0.15) is 0 Å². The fourth-order valence-corrected chi connectivity index (χ4v) is 1.78. The zero-order valence-electron chi connectivity index (χ0n) is 12.6. The molecule has 120 valence electrons. The van der Waals surface area contributed by atoms with Gasteiger partial charge in [0.25, 0.3) is 0 Å². The molecule has 0 saturated carbocycles. The summed E-state index contributed by atoms with van der Waals surface area (Å²) in [6.45, 7) is 0.777. The number of nitrogens with one attached hydrogen (secondary N) is 2. The summed E-state index contributed by atoms with van der Waals surface area (Å²) in [6, 6.07) is 6.46. The monoisotopic (exact) mass is 307 g/mol. The number of carbonyl (C=O) groups excluding carboxylic acids is 3. The number of benzene rings is 1. The van der Waals surface area contributed by atoms with E-state index in [1.54, 1.807) is 24.3 Å². The fourth-order valence-electron chi connectivity index (χ4n) is 1.78. The molecule has 3 amide bonds. The van der Waals surface area contributed by atoms with Crippen LogP contribution in [-0.4, -0.2) is 31.6 Å². The van der Waals surface area contributed by atoms with E-state index in [0.29, 0.717) is 37.9 Å². The van der Waals surface area contributed by atoms with Gasteiger partial charge in [0.05, 0.1) is 7.11 Å². The molecule has 0 saturated heterocycles. The summed E-state index contributed by atoms with van der Waals surface area (Å²) in [5, 5.41) is 5.37. The fraction of sp³-hybridized carbons (Fsp3) is 0.400. The number of esters is 1. The summed E-state index contributed by atoms with van der Waals surface area (Å²) in [7, 11) is 1.35. The van der Waals surface area contributed by atoms with Crippen LogP contribution in [0.2, 0.25) is 0 Å². The van der Waals surface area contributed by atoms with E-state index in [1.165, 1.54) is 7.11 Å². The van der Waals surface area contributed by atoms with Gasteiger partial charge >= 0.3 is 12.0 Å². The van der Waals surface area contributed by atoms with Crippen LogP contribution in [0.4, 0.5) is 4.79 Å². The van der Waals surface area contributed by atoms with E-state index in [0.717, 1.165) is 5.56 Å². The lowest BCUT2D eigenvalue weighted by molar-refractivity contribution is -0.140. The topological polar surface area (TPSA) is 111 Å². The van der Waals surface area contributed by atoms with Gasteiger partial charge in [0.2, 0.25) is 5.91 Å². The summed E-state index contributed by atoms with van der Waals surface area (Å²) < 4.78 is 4.52. The summed E-state index contributed by atoms with van der Waals surface area (Å²) in [5.74, 6) is -0.754. The number of amides is 3. The number of ether oxygens (including phenoxy) is 1. The van der Waals surface area contributed by atoms with Crippen molar-refractivity contribution in [2.75, 3.05) is 13.7 Å². The third-order valence-electron chi connectivity index (χ3n) is 2.99. The number of urea groups is 1. The standard InChI is InChI=1S/C15H21N3O4/c1-22-13(19)7-2-3-8-17-15(21)18-10-11-5-4-6-12(9-11)14(16)20/h4-6,9H,2-3,7-8,10H2,1H3,(H2,16,20)(H2,17,18,21). The van der Waals surface area contributed by atoms with Crippen molar-refractivity contribution in [1.29, 1.82) is 0 Å². The van der Waals surface area contributed by atoms with Crippen LogP contribution < -0.4 is 16.4 Å². The Hall–Kier alpha value is -2.57. The number of hydrogen-bond acceptors (Lipinski definition) is 4. The van der Waals surface area contributed by atoms with Gasteiger partial charge in [-0.1, -0.05) is 12.1 Å². The van der Waals surface area contributed by atoms with E-state index < -0.39 is 5.91 Å². The molecule has 7 nitrogen and oxygen atoms in total. The van der Waals surface area contributed by atoms with Crippen LogP contribution in [0.1, 0.15) is 35.2 Å². The van der Waals surface area contributed by atoms with E-state index in [2.05, 4.69) is 15.4 Å². The van der Waals surface area contributed by atoms with Gasteiger partial charge < -0.3 is 21.1 Å². The van der Waals surface area contributed by atoms with Crippen molar-refractivity contribution in [2.45, 2.75) is 25.8 Å². The number of hydrogen-bond donors (Lipinski definition) is 3. The third-order valence-corrected chi connectivity index (χ3v) is 2.99. The molecule has 0 heterocycles. The van der Waals surface area contributed by atoms with Crippen LogP contribution in [0, 0.1) is 0 Å². The average molecular weight is 307 g/mol. The zero-order chi connectivity index (χ0) is 16.4. The molecule has 0 bridgehead atoms. The van der Waals surface area contributed by atoms with E-state index in [-0.39, 0.29) is 12.0 Å².